The van der Waals surface area contributed by atoms with Gasteiger partial charge < -0.3 is 19.9 Å². The van der Waals surface area contributed by atoms with Gasteiger partial charge in [-0.2, -0.15) is 4.98 Å². The molecule has 4 heterocycles. The largest absolute Gasteiger partial charge is 0.368 e. The Bertz CT molecular complexity index is 1510. The van der Waals surface area contributed by atoms with Gasteiger partial charge in [-0.05, 0) is 67.7 Å². The highest BCUT2D eigenvalue weighted by atomic mass is 35.5. The molecule has 0 bridgehead atoms. The Balaban J connectivity index is 1.39. The number of nitrogens with zero attached hydrogens (tertiary/aromatic N) is 3. The van der Waals surface area contributed by atoms with Crippen LogP contribution in [0.15, 0.2) is 57.7 Å². The second-order valence-corrected chi connectivity index (χ2v) is 13.8. The summed E-state index contributed by atoms with van der Waals surface area (Å²) in [6.07, 6.45) is 7.13. The van der Waals surface area contributed by atoms with Crippen LogP contribution in [0.2, 0.25) is 5.02 Å². The summed E-state index contributed by atoms with van der Waals surface area (Å²) in [5, 5.41) is 13.9. The Kier molecular flexibility index (Phi) is 8.19. The van der Waals surface area contributed by atoms with E-state index >= 15 is 4.39 Å². The molecule has 5 atom stereocenters. The lowest BCUT2D eigenvalue weighted by molar-refractivity contribution is -0.127. The molecule has 1 aromatic carbocycles. The van der Waals surface area contributed by atoms with Crippen molar-refractivity contribution >= 4 is 46.9 Å². The first-order valence-electron chi connectivity index (χ1n) is 14.8. The van der Waals surface area contributed by atoms with Crippen LogP contribution in [-0.2, 0) is 19.7 Å². The molecule has 13 heteroatoms. The zero-order valence-corrected chi connectivity index (χ0v) is 26.1. The highest BCUT2D eigenvalue weighted by Crippen LogP contribution is 2.62. The molecule has 3 fully saturated rings. The van der Waals surface area contributed by atoms with E-state index in [0.29, 0.717) is 47.8 Å². The van der Waals surface area contributed by atoms with Crippen molar-refractivity contribution in [2.45, 2.75) is 81.5 Å². The summed E-state index contributed by atoms with van der Waals surface area (Å²) < 4.78 is 27.5. The molecule has 2 amide bonds. The van der Waals surface area contributed by atoms with E-state index in [1.807, 2.05) is 0 Å². The zero-order chi connectivity index (χ0) is 31.3. The van der Waals surface area contributed by atoms with Gasteiger partial charge in [-0.25, -0.2) is 9.38 Å². The number of hydrogen-bond acceptors (Lipinski definition) is 8. The molecule has 2 saturated heterocycles. The van der Waals surface area contributed by atoms with Crippen molar-refractivity contribution in [3.8, 4) is 0 Å². The molecule has 1 aliphatic carbocycles. The van der Waals surface area contributed by atoms with Crippen LogP contribution in [0.1, 0.15) is 69.9 Å². The molecule has 1 saturated carbocycles. The fraction of sp³-hybridized carbons (Fsp3) is 0.516. The van der Waals surface area contributed by atoms with Gasteiger partial charge in [-0.3, -0.25) is 14.9 Å². The normalized spacial score (nSPS) is 30.9. The Labute approximate surface area is 264 Å². The maximum atomic E-state index is 16.7. The monoisotopic (exact) mass is 644 g/mol. The van der Waals surface area contributed by atoms with E-state index < -0.39 is 34.6 Å². The van der Waals surface area contributed by atoms with Gasteiger partial charge >= 0.3 is 0 Å². The predicted octanol–water partition coefficient (Wildman–Crippen LogP) is 5.51. The Morgan fingerprint density at radius 1 is 1.25 bits per heavy atom. The summed E-state index contributed by atoms with van der Waals surface area (Å²) in [6.45, 7) is 8.11. The molecule has 0 radical (unpaired) electrons. The molecule has 2 aromatic rings. The number of hydrogen-bond donors (Lipinski definition) is 3. The number of amides is 2. The van der Waals surface area contributed by atoms with Crippen molar-refractivity contribution in [1.82, 2.24) is 20.8 Å². The topological polar surface area (TPSA) is 131 Å². The summed E-state index contributed by atoms with van der Waals surface area (Å²) in [5.74, 6) is -2.20. The molecule has 6 rings (SSSR count). The fourth-order valence-electron chi connectivity index (χ4n) is 7.58. The van der Waals surface area contributed by atoms with Crippen molar-refractivity contribution < 1.29 is 23.2 Å². The Hall–Kier alpha value is -3.12. The molecule has 44 heavy (non-hydrogen) atoms. The number of nitrogens with one attached hydrogen (secondary N) is 3. The number of anilines is 1. The van der Waals surface area contributed by atoms with E-state index in [4.69, 9.17) is 32.5 Å². The average molecular weight is 646 g/mol. The van der Waals surface area contributed by atoms with E-state index in [1.165, 1.54) is 12.6 Å². The smallest absolute Gasteiger partial charge is 0.238 e. The van der Waals surface area contributed by atoms with Gasteiger partial charge in [0, 0.05) is 22.5 Å². The van der Waals surface area contributed by atoms with Crippen molar-refractivity contribution in [3.63, 3.8) is 0 Å². The zero-order valence-electron chi connectivity index (χ0n) is 24.5. The molecule has 3 aliphatic heterocycles. The number of rotatable bonds is 6. The molecule has 4 aliphatic rings. The van der Waals surface area contributed by atoms with Crippen molar-refractivity contribution in [1.29, 1.82) is 0 Å². The molecule has 0 unspecified atom stereocenters. The molecular formula is C31H35Cl2FN6O4. The predicted molar refractivity (Wildman–Crippen MR) is 164 cm³/mol. The van der Waals surface area contributed by atoms with Crippen molar-refractivity contribution in [3.05, 3.63) is 64.6 Å². The standard InChI is InChI=1S/C31H35Cl2FN6O4/c1-17(32)35-13-8-21(34)24-25(27(41)37-19-5-7-23(43-15-19)26-36-16-44-40-26)39-30(11-9-29(2,3)10-12-30)31(24)20-6-4-18(33)14-22(20)38-28(31)42/h4,6,8,13-14,16,19,23-25,39H,1,5,7,9-12,15H2,2-3H3,(H,37,41)(H,38,42)/b21-8-,35-13?/t19-,23+,24+,25-,31-/m1/s1. The summed E-state index contributed by atoms with van der Waals surface area (Å²) in [4.78, 5) is 36.5. The van der Waals surface area contributed by atoms with Crippen LogP contribution in [0.25, 0.3) is 0 Å². The van der Waals surface area contributed by atoms with Gasteiger partial charge in [-0.15, -0.1) is 0 Å². The summed E-state index contributed by atoms with van der Waals surface area (Å²) in [7, 11) is 0. The van der Waals surface area contributed by atoms with Gasteiger partial charge in [-0.1, -0.05) is 54.9 Å². The number of fused-ring (bicyclic) bond motifs is 3. The van der Waals surface area contributed by atoms with Crippen LogP contribution < -0.4 is 16.0 Å². The van der Waals surface area contributed by atoms with Gasteiger partial charge in [0.05, 0.1) is 24.6 Å². The van der Waals surface area contributed by atoms with E-state index in [1.54, 1.807) is 18.2 Å². The van der Waals surface area contributed by atoms with Gasteiger partial charge in [0.2, 0.25) is 18.2 Å². The fourth-order valence-corrected chi connectivity index (χ4v) is 7.81. The van der Waals surface area contributed by atoms with E-state index in [-0.39, 0.29) is 35.2 Å². The lowest BCUT2D eigenvalue weighted by Gasteiger charge is -2.50. The lowest BCUT2D eigenvalue weighted by Crippen LogP contribution is -2.61. The highest BCUT2D eigenvalue weighted by molar-refractivity contribution is 6.31. The molecule has 3 N–H and O–H groups in total. The van der Waals surface area contributed by atoms with E-state index in [2.05, 4.69) is 51.5 Å². The number of ether oxygens (including phenoxy) is 1. The number of aromatic nitrogens is 2. The lowest BCUT2D eigenvalue weighted by atomic mass is 9.54. The first-order valence-corrected chi connectivity index (χ1v) is 15.5. The maximum Gasteiger partial charge on any atom is 0.238 e. The first kappa shape index (κ1) is 30.9. The van der Waals surface area contributed by atoms with Crippen LogP contribution in [0.3, 0.4) is 0 Å². The molecule has 234 valence electrons. The molecular weight excluding hydrogens is 610 g/mol. The number of carbonyl (C=O) groups is 2. The minimum absolute atomic E-state index is 0.0244. The minimum Gasteiger partial charge on any atom is -0.368 e. The highest BCUT2D eigenvalue weighted by Gasteiger charge is 2.73. The Morgan fingerprint density at radius 3 is 2.68 bits per heavy atom. The summed E-state index contributed by atoms with van der Waals surface area (Å²) in [6, 6.07) is 3.74. The van der Waals surface area contributed by atoms with Crippen molar-refractivity contribution in [2.75, 3.05) is 11.9 Å². The van der Waals surface area contributed by atoms with E-state index in [9.17, 15) is 9.59 Å². The third-order valence-electron chi connectivity index (χ3n) is 9.77. The quantitative estimate of drug-likeness (QED) is 0.279. The SMILES string of the molecule is C=C(Cl)N=C/C=C(\F)[C@H]1[C@H](C(=O)N[C@@H]2CC[C@@H](c3ncon3)OC2)NC2(CCC(C)(C)CC2)[C@@]12C(=O)Nc1cc(Cl)ccc12. The third-order valence-corrected chi connectivity index (χ3v) is 10.1. The van der Waals surface area contributed by atoms with Gasteiger partial charge in [0.1, 0.15) is 22.5 Å². The average Bonchev–Trinajstić information content (AvgIpc) is 3.68. The Morgan fingerprint density at radius 2 is 2.02 bits per heavy atom. The number of aliphatic imine (C=N–C) groups is 1. The maximum absolute atomic E-state index is 16.7. The van der Waals surface area contributed by atoms with Crippen LogP contribution >= 0.6 is 23.2 Å². The summed E-state index contributed by atoms with van der Waals surface area (Å²) >= 11 is 12.1. The minimum atomic E-state index is -1.44. The molecule has 1 aromatic heterocycles. The second-order valence-electron chi connectivity index (χ2n) is 12.9. The number of benzene rings is 1. The van der Waals surface area contributed by atoms with Crippen LogP contribution in [0.5, 0.6) is 0 Å². The van der Waals surface area contributed by atoms with Crippen LogP contribution in [0.4, 0.5) is 10.1 Å². The molecule has 10 nitrogen and oxygen atoms in total. The first-order chi connectivity index (χ1) is 21.0. The van der Waals surface area contributed by atoms with Crippen molar-refractivity contribution in [2.24, 2.45) is 16.3 Å². The number of allylic oxidation sites excluding steroid dienone is 1. The number of halogens is 3. The van der Waals surface area contributed by atoms with Crippen LogP contribution in [0, 0.1) is 11.3 Å². The van der Waals surface area contributed by atoms with Gasteiger partial charge in [0.15, 0.2) is 5.82 Å². The van der Waals surface area contributed by atoms with Gasteiger partial charge in [0.25, 0.3) is 0 Å². The second kappa shape index (κ2) is 11.7. The third kappa shape index (κ3) is 5.27. The number of carbonyl (C=O) groups excluding carboxylic acids is 2. The summed E-state index contributed by atoms with van der Waals surface area (Å²) in [5.41, 5.74) is -1.19. The van der Waals surface area contributed by atoms with E-state index in [0.717, 1.165) is 18.9 Å². The molecule has 2 spiro atoms. The van der Waals surface area contributed by atoms with Crippen LogP contribution in [-0.4, -0.2) is 52.4 Å².